The van der Waals surface area contributed by atoms with E-state index in [9.17, 15) is 10.5 Å². The molecule has 14 rings (SSSR count). The van der Waals surface area contributed by atoms with Crippen LogP contribution in [0.3, 0.4) is 0 Å². The van der Waals surface area contributed by atoms with Crippen LogP contribution in [-0.4, -0.2) is 23.7 Å². The average Bonchev–Trinajstić information content (AvgIpc) is 4.27. The maximum Gasteiger partial charge on any atom is 0.185 e. The summed E-state index contributed by atoms with van der Waals surface area (Å²) in [5.41, 5.74) is 15.8. The normalized spacial score (nSPS) is 11.3. The zero-order chi connectivity index (χ0) is 51.7. The standard InChI is InChI=1S/C68H37N9/c1-71-59-35-47(58-39-57(44-23-19-42(40-69)20-24-44)73-68(74-58)46-25-21-43(41-70)22-26-46)36-60(72-2)67(59)45-27-29-48(30-28-45)75-65-33-31-49(76-61-15-7-3-11-51(61)52-12-4-8-16-62(52)76)37-55(65)56-38-50(32-34-66(56)75)77-63-17-9-5-13-53(63)54-14-6-10-18-64(54)77/h3-39H. The first-order chi connectivity index (χ1) is 38.0. The second kappa shape index (κ2) is 17.7. The Morgan fingerprint density at radius 2 is 0.701 bits per heavy atom. The van der Waals surface area contributed by atoms with E-state index in [0.29, 0.717) is 56.4 Å². The summed E-state index contributed by atoms with van der Waals surface area (Å²) < 4.78 is 7.03. The molecule has 10 aromatic carbocycles. The molecular weight excluding hydrogens is 943 g/mol. The molecule has 354 valence electrons. The summed E-state index contributed by atoms with van der Waals surface area (Å²) >= 11 is 0. The SMILES string of the molecule is [C-]#[N+]c1cc(-c2cc(-c3ccc(C#N)cc3)nc(-c3ccc(C#N)cc3)n2)cc([N+]#[C-])c1-c1ccc(-n2c3ccc(-n4c5ccccc5c5ccccc54)cc3c3cc(-n4c5ccccc5c5ccccc54)ccc32)cc1. The third-order valence-electron chi connectivity index (χ3n) is 14.8. The smallest absolute Gasteiger partial charge is 0.185 e. The van der Waals surface area contributed by atoms with Gasteiger partial charge in [-0.2, -0.15) is 10.5 Å². The summed E-state index contributed by atoms with van der Waals surface area (Å²) in [4.78, 5) is 17.9. The molecule has 0 amide bonds. The van der Waals surface area contributed by atoms with Crippen molar-refractivity contribution in [3.05, 3.63) is 258 Å². The van der Waals surface area contributed by atoms with Crippen LogP contribution in [0.4, 0.5) is 11.4 Å². The Labute approximate surface area is 441 Å². The van der Waals surface area contributed by atoms with Gasteiger partial charge in [0.1, 0.15) is 0 Å². The van der Waals surface area contributed by atoms with Gasteiger partial charge >= 0.3 is 0 Å². The number of hydrogen-bond donors (Lipinski definition) is 0. The molecule has 0 N–H and O–H groups in total. The molecule has 77 heavy (non-hydrogen) atoms. The van der Waals surface area contributed by atoms with E-state index in [0.717, 1.165) is 72.1 Å². The number of nitriles is 2. The quantitative estimate of drug-likeness (QED) is 0.149. The van der Waals surface area contributed by atoms with Crippen LogP contribution in [0.5, 0.6) is 0 Å². The van der Waals surface area contributed by atoms with Crippen LogP contribution in [0.15, 0.2) is 224 Å². The lowest BCUT2D eigenvalue weighted by atomic mass is 9.97. The first-order valence-corrected chi connectivity index (χ1v) is 25.0. The molecule has 14 aromatic rings. The molecule has 0 aliphatic rings. The van der Waals surface area contributed by atoms with E-state index in [2.05, 4.69) is 181 Å². The fraction of sp³-hybridized carbons (Fsp3) is 0. The molecule has 0 saturated heterocycles. The molecule has 0 fully saturated rings. The van der Waals surface area contributed by atoms with Crippen LogP contribution >= 0.6 is 0 Å². The summed E-state index contributed by atoms with van der Waals surface area (Å²) in [6.07, 6.45) is 0. The molecule has 4 aromatic heterocycles. The number of rotatable bonds is 7. The molecule has 4 heterocycles. The van der Waals surface area contributed by atoms with Gasteiger partial charge in [0.05, 0.1) is 80.9 Å². The topological polar surface area (TPSA) is 96.9 Å². The molecule has 0 spiro atoms. The summed E-state index contributed by atoms with van der Waals surface area (Å²) in [7, 11) is 0. The Bertz CT molecular complexity index is 4560. The van der Waals surface area contributed by atoms with Gasteiger partial charge in [0.25, 0.3) is 0 Å². The van der Waals surface area contributed by atoms with Crippen LogP contribution in [0.2, 0.25) is 0 Å². The minimum Gasteiger partial charge on any atom is -0.309 e. The maximum absolute atomic E-state index is 9.49. The molecule has 0 atom stereocenters. The number of nitrogens with zero attached hydrogens (tertiary/aromatic N) is 9. The number of benzene rings is 10. The van der Waals surface area contributed by atoms with Crippen molar-refractivity contribution < 1.29 is 0 Å². The van der Waals surface area contributed by atoms with Crippen molar-refractivity contribution in [1.82, 2.24) is 23.7 Å². The van der Waals surface area contributed by atoms with Crippen LogP contribution in [-0.2, 0) is 0 Å². The zero-order valence-electron chi connectivity index (χ0n) is 40.9. The lowest BCUT2D eigenvalue weighted by Crippen LogP contribution is -1.97. The van der Waals surface area contributed by atoms with E-state index in [1.807, 2.05) is 30.3 Å². The van der Waals surface area contributed by atoms with Crippen LogP contribution in [0, 0.1) is 35.8 Å². The third-order valence-corrected chi connectivity index (χ3v) is 14.8. The highest BCUT2D eigenvalue weighted by atomic mass is 15.0. The first kappa shape index (κ1) is 44.3. The molecule has 0 radical (unpaired) electrons. The second-order valence-corrected chi connectivity index (χ2v) is 19.0. The minimum atomic E-state index is 0.312. The summed E-state index contributed by atoms with van der Waals surface area (Å²) in [6.45, 7) is 17.0. The zero-order valence-corrected chi connectivity index (χ0v) is 40.9. The summed E-state index contributed by atoms with van der Waals surface area (Å²) in [6, 6.07) is 79.9. The van der Waals surface area contributed by atoms with Gasteiger partial charge in [-0.3, -0.25) is 0 Å². The molecule has 0 bridgehead atoms. The molecule has 9 nitrogen and oxygen atoms in total. The monoisotopic (exact) mass is 979 g/mol. The van der Waals surface area contributed by atoms with Crippen LogP contribution < -0.4 is 0 Å². The van der Waals surface area contributed by atoms with Crippen molar-refractivity contribution in [2.45, 2.75) is 0 Å². The lowest BCUT2D eigenvalue weighted by molar-refractivity contribution is 1.16. The van der Waals surface area contributed by atoms with Crippen molar-refractivity contribution in [3.63, 3.8) is 0 Å². The van der Waals surface area contributed by atoms with Crippen molar-refractivity contribution in [2.75, 3.05) is 0 Å². The third kappa shape index (κ3) is 7.13. The Balaban J connectivity index is 0.915. The fourth-order valence-corrected chi connectivity index (χ4v) is 11.2. The van der Waals surface area contributed by atoms with E-state index < -0.39 is 0 Å². The highest BCUT2D eigenvalue weighted by Gasteiger charge is 2.21. The van der Waals surface area contributed by atoms with E-state index in [1.165, 1.54) is 21.5 Å². The Hall–Kier alpha value is -11.4. The Morgan fingerprint density at radius 3 is 1.13 bits per heavy atom. The highest BCUT2D eigenvalue weighted by Crippen LogP contribution is 2.45. The highest BCUT2D eigenvalue weighted by molar-refractivity contribution is 6.14. The molecule has 9 heteroatoms. The molecule has 0 unspecified atom stereocenters. The van der Waals surface area contributed by atoms with Crippen molar-refractivity contribution in [1.29, 1.82) is 10.5 Å². The number of para-hydroxylation sites is 4. The van der Waals surface area contributed by atoms with Crippen LogP contribution in [0.25, 0.3) is 137 Å². The first-order valence-electron chi connectivity index (χ1n) is 25.0. The lowest BCUT2D eigenvalue weighted by Gasteiger charge is -2.14. The largest absolute Gasteiger partial charge is 0.309 e. The average molecular weight is 980 g/mol. The number of aromatic nitrogens is 5. The van der Waals surface area contributed by atoms with Crippen LogP contribution in [0.1, 0.15) is 11.1 Å². The molecule has 0 aliphatic heterocycles. The Kier molecular flexibility index (Phi) is 10.2. The summed E-state index contributed by atoms with van der Waals surface area (Å²) in [5.74, 6) is 0.413. The number of hydrogen-bond acceptors (Lipinski definition) is 4. The maximum atomic E-state index is 9.49. The van der Waals surface area contributed by atoms with Gasteiger partial charge in [-0.05, 0) is 144 Å². The Morgan fingerprint density at radius 1 is 0.338 bits per heavy atom. The molecule has 0 saturated carbocycles. The van der Waals surface area contributed by atoms with E-state index in [4.69, 9.17) is 23.1 Å². The van der Waals surface area contributed by atoms with Gasteiger partial charge in [0.2, 0.25) is 0 Å². The van der Waals surface area contributed by atoms with E-state index >= 15 is 0 Å². The van der Waals surface area contributed by atoms with Gasteiger partial charge in [-0.15, -0.1) is 0 Å². The molecule has 0 aliphatic carbocycles. The predicted molar refractivity (Wildman–Crippen MR) is 309 cm³/mol. The number of fused-ring (bicyclic) bond motifs is 9. The second-order valence-electron chi connectivity index (χ2n) is 19.0. The minimum absolute atomic E-state index is 0.312. The van der Waals surface area contributed by atoms with Crippen molar-refractivity contribution in [3.8, 4) is 74.2 Å². The van der Waals surface area contributed by atoms with Gasteiger partial charge in [0.15, 0.2) is 17.2 Å². The van der Waals surface area contributed by atoms with Gasteiger partial charge in [-0.25, -0.2) is 19.7 Å². The van der Waals surface area contributed by atoms with E-state index in [-0.39, 0.29) is 0 Å². The van der Waals surface area contributed by atoms with E-state index in [1.54, 1.807) is 48.5 Å². The van der Waals surface area contributed by atoms with Crippen molar-refractivity contribution >= 4 is 76.8 Å². The predicted octanol–water partition coefficient (Wildman–Crippen LogP) is 17.3. The van der Waals surface area contributed by atoms with Gasteiger partial charge < -0.3 is 13.7 Å². The molecular formula is C68H37N9. The van der Waals surface area contributed by atoms with Gasteiger partial charge in [0, 0.05) is 60.5 Å². The van der Waals surface area contributed by atoms with Gasteiger partial charge in [-0.1, -0.05) is 97.1 Å². The van der Waals surface area contributed by atoms with Crippen molar-refractivity contribution in [2.24, 2.45) is 0 Å². The fourth-order valence-electron chi connectivity index (χ4n) is 11.2. The summed E-state index contributed by atoms with van der Waals surface area (Å²) in [5, 5.41) is 26.0.